The van der Waals surface area contributed by atoms with Crippen LogP contribution in [-0.2, 0) is 9.47 Å². The van der Waals surface area contributed by atoms with Crippen LogP contribution in [0.25, 0.3) is 0 Å². The van der Waals surface area contributed by atoms with Gasteiger partial charge in [0.05, 0.1) is 13.2 Å². The monoisotopic (exact) mass is 250 g/mol. The number of ether oxygens (including phenoxy) is 2. The lowest BCUT2D eigenvalue weighted by molar-refractivity contribution is -0.153. The maximum Gasteiger partial charge on any atom is 0.166 e. The molecule has 0 spiro atoms. The molecule has 1 aromatic heterocycles. The molecule has 2 heterocycles. The number of pyridine rings is 1. The quantitative estimate of drug-likeness (QED) is 0.872. The summed E-state index contributed by atoms with van der Waals surface area (Å²) in [6.45, 7) is 8.55. The van der Waals surface area contributed by atoms with Gasteiger partial charge in [-0.1, -0.05) is 6.92 Å². The van der Waals surface area contributed by atoms with Crippen LogP contribution < -0.4 is 5.32 Å². The molecule has 1 fully saturated rings. The lowest BCUT2D eigenvalue weighted by atomic mass is 10.0. The van der Waals surface area contributed by atoms with Crippen LogP contribution in [0.3, 0.4) is 0 Å². The second kappa shape index (κ2) is 5.67. The summed E-state index contributed by atoms with van der Waals surface area (Å²) in [4.78, 5) is 4.18. The molecule has 1 aliphatic rings. The smallest absolute Gasteiger partial charge is 0.166 e. The van der Waals surface area contributed by atoms with Crippen molar-refractivity contribution >= 4 is 5.69 Å². The maximum atomic E-state index is 5.62. The van der Waals surface area contributed by atoms with Crippen molar-refractivity contribution in [3.63, 3.8) is 0 Å². The Hall–Kier alpha value is -1.13. The average Bonchev–Trinajstić information content (AvgIpc) is 2.73. The minimum atomic E-state index is -0.394. The van der Waals surface area contributed by atoms with E-state index in [0.717, 1.165) is 24.3 Å². The topological polar surface area (TPSA) is 43.4 Å². The summed E-state index contributed by atoms with van der Waals surface area (Å²) in [6, 6.07) is 4.04. The molecule has 100 valence electrons. The first-order chi connectivity index (χ1) is 8.57. The average molecular weight is 250 g/mol. The fourth-order valence-corrected chi connectivity index (χ4v) is 2.33. The first-order valence-corrected chi connectivity index (χ1v) is 6.52. The summed E-state index contributed by atoms with van der Waals surface area (Å²) in [5.41, 5.74) is 2.15. The molecule has 1 saturated heterocycles. The summed E-state index contributed by atoms with van der Waals surface area (Å²) in [5.74, 6) is 0.0940. The van der Waals surface area contributed by atoms with Crippen molar-refractivity contribution in [1.29, 1.82) is 0 Å². The molecule has 0 amide bonds. The fourth-order valence-electron chi connectivity index (χ4n) is 2.33. The molecule has 0 aromatic carbocycles. The Balaban J connectivity index is 1.79. The van der Waals surface area contributed by atoms with Crippen molar-refractivity contribution in [2.24, 2.45) is 5.92 Å². The Labute approximate surface area is 109 Å². The highest BCUT2D eigenvalue weighted by Gasteiger charge is 2.32. The van der Waals surface area contributed by atoms with Crippen LogP contribution in [0.1, 0.15) is 26.0 Å². The van der Waals surface area contributed by atoms with Gasteiger partial charge in [-0.2, -0.15) is 0 Å². The van der Waals surface area contributed by atoms with E-state index in [1.165, 1.54) is 0 Å². The molecular weight excluding hydrogens is 228 g/mol. The van der Waals surface area contributed by atoms with Gasteiger partial charge in [0.1, 0.15) is 0 Å². The van der Waals surface area contributed by atoms with Crippen LogP contribution in [0.2, 0.25) is 0 Å². The van der Waals surface area contributed by atoms with E-state index >= 15 is 0 Å². The van der Waals surface area contributed by atoms with Crippen LogP contribution in [-0.4, -0.2) is 30.5 Å². The van der Waals surface area contributed by atoms with Crippen LogP contribution in [0.5, 0.6) is 0 Å². The SMILES string of the molecule is Cc1cc(NCC(C)CC2(C)OCCO2)ccn1. The van der Waals surface area contributed by atoms with Gasteiger partial charge in [0.15, 0.2) is 5.79 Å². The number of nitrogens with one attached hydrogen (secondary N) is 1. The normalized spacial score (nSPS) is 19.7. The van der Waals surface area contributed by atoms with Gasteiger partial charge in [-0.15, -0.1) is 0 Å². The van der Waals surface area contributed by atoms with E-state index in [2.05, 4.69) is 23.3 Å². The highest BCUT2D eigenvalue weighted by atomic mass is 16.7. The van der Waals surface area contributed by atoms with Gasteiger partial charge in [-0.05, 0) is 31.9 Å². The zero-order chi connectivity index (χ0) is 13.0. The lowest BCUT2D eigenvalue weighted by Gasteiger charge is -2.26. The first kappa shape index (κ1) is 13.3. The lowest BCUT2D eigenvalue weighted by Crippen LogP contribution is -2.30. The number of rotatable bonds is 5. The summed E-state index contributed by atoms with van der Waals surface area (Å²) in [5, 5.41) is 3.43. The second-order valence-electron chi connectivity index (χ2n) is 5.21. The summed E-state index contributed by atoms with van der Waals surface area (Å²) >= 11 is 0. The van der Waals surface area contributed by atoms with E-state index in [1.807, 2.05) is 26.1 Å². The molecule has 0 bridgehead atoms. The minimum absolute atomic E-state index is 0.394. The number of hydrogen-bond donors (Lipinski definition) is 1. The number of anilines is 1. The molecule has 1 unspecified atom stereocenters. The number of nitrogens with zero attached hydrogens (tertiary/aromatic N) is 1. The zero-order valence-corrected chi connectivity index (χ0v) is 11.4. The predicted octanol–water partition coefficient (Wildman–Crippen LogP) is 2.59. The molecule has 1 aromatic rings. The van der Waals surface area contributed by atoms with E-state index in [1.54, 1.807) is 0 Å². The van der Waals surface area contributed by atoms with Crippen molar-refractivity contribution in [3.8, 4) is 0 Å². The Morgan fingerprint density at radius 1 is 1.44 bits per heavy atom. The van der Waals surface area contributed by atoms with E-state index in [-0.39, 0.29) is 0 Å². The Bertz CT molecular complexity index is 389. The predicted molar refractivity (Wildman–Crippen MR) is 71.6 cm³/mol. The molecule has 0 radical (unpaired) electrons. The number of hydrogen-bond acceptors (Lipinski definition) is 4. The third kappa shape index (κ3) is 3.68. The highest BCUT2D eigenvalue weighted by Crippen LogP contribution is 2.26. The van der Waals surface area contributed by atoms with Crippen molar-refractivity contribution < 1.29 is 9.47 Å². The maximum absolute atomic E-state index is 5.62. The highest BCUT2D eigenvalue weighted by molar-refractivity contribution is 5.42. The van der Waals surface area contributed by atoms with Crippen LogP contribution in [0, 0.1) is 12.8 Å². The summed E-state index contributed by atoms with van der Waals surface area (Å²) in [7, 11) is 0. The Kier molecular flexibility index (Phi) is 4.19. The largest absolute Gasteiger partial charge is 0.385 e. The van der Waals surface area contributed by atoms with Crippen LogP contribution in [0.15, 0.2) is 18.3 Å². The van der Waals surface area contributed by atoms with Crippen molar-refractivity contribution in [3.05, 3.63) is 24.0 Å². The van der Waals surface area contributed by atoms with Gasteiger partial charge >= 0.3 is 0 Å². The Morgan fingerprint density at radius 2 is 2.17 bits per heavy atom. The molecule has 2 rings (SSSR count). The van der Waals surface area contributed by atoms with E-state index in [9.17, 15) is 0 Å². The summed E-state index contributed by atoms with van der Waals surface area (Å²) < 4.78 is 11.2. The number of aromatic nitrogens is 1. The second-order valence-corrected chi connectivity index (χ2v) is 5.21. The first-order valence-electron chi connectivity index (χ1n) is 6.52. The molecule has 1 N–H and O–H groups in total. The van der Waals surface area contributed by atoms with Gasteiger partial charge in [0.2, 0.25) is 0 Å². The molecule has 0 saturated carbocycles. The van der Waals surface area contributed by atoms with Crippen LogP contribution >= 0.6 is 0 Å². The van der Waals surface area contributed by atoms with Crippen LogP contribution in [0.4, 0.5) is 5.69 Å². The zero-order valence-electron chi connectivity index (χ0n) is 11.4. The Morgan fingerprint density at radius 3 is 2.83 bits per heavy atom. The molecular formula is C14H22N2O2. The molecule has 4 heteroatoms. The molecule has 1 aliphatic heterocycles. The van der Waals surface area contributed by atoms with Gasteiger partial charge in [0, 0.05) is 30.5 Å². The van der Waals surface area contributed by atoms with Crippen molar-refractivity contribution in [2.75, 3.05) is 25.1 Å². The van der Waals surface area contributed by atoms with Gasteiger partial charge in [-0.3, -0.25) is 4.98 Å². The summed E-state index contributed by atoms with van der Waals surface area (Å²) in [6.07, 6.45) is 2.73. The third-order valence-electron chi connectivity index (χ3n) is 3.17. The van der Waals surface area contributed by atoms with E-state index < -0.39 is 5.79 Å². The van der Waals surface area contributed by atoms with Gasteiger partial charge in [0.25, 0.3) is 0 Å². The molecule has 4 nitrogen and oxygen atoms in total. The van der Waals surface area contributed by atoms with E-state index in [4.69, 9.17) is 9.47 Å². The van der Waals surface area contributed by atoms with Crippen molar-refractivity contribution in [2.45, 2.75) is 33.0 Å². The van der Waals surface area contributed by atoms with Gasteiger partial charge < -0.3 is 14.8 Å². The fraction of sp³-hybridized carbons (Fsp3) is 0.643. The molecule has 18 heavy (non-hydrogen) atoms. The number of aryl methyl sites for hydroxylation is 1. The third-order valence-corrected chi connectivity index (χ3v) is 3.17. The van der Waals surface area contributed by atoms with Crippen molar-refractivity contribution in [1.82, 2.24) is 4.98 Å². The van der Waals surface area contributed by atoms with E-state index in [0.29, 0.717) is 19.1 Å². The standard InChI is InChI=1S/C14H22N2O2/c1-11(9-14(3)17-6-7-18-14)10-16-13-4-5-15-12(2)8-13/h4-5,8,11H,6-7,9-10H2,1-3H3,(H,15,16). The molecule has 1 atom stereocenters. The molecule has 0 aliphatic carbocycles. The van der Waals surface area contributed by atoms with Gasteiger partial charge in [-0.25, -0.2) is 0 Å². The minimum Gasteiger partial charge on any atom is -0.385 e.